The molecule has 1 aromatic rings. The maximum Gasteiger partial charge on any atom is 1.00 e. The zero-order valence-corrected chi connectivity index (χ0v) is 11.8. The van der Waals surface area contributed by atoms with Crippen molar-refractivity contribution in [2.75, 3.05) is 0 Å². The van der Waals surface area contributed by atoms with Crippen LogP contribution in [-0.4, -0.2) is 6.70 Å². The molecular weight excluding hydrogens is 308 g/mol. The summed E-state index contributed by atoms with van der Waals surface area (Å²) < 4.78 is 100. The molecule has 11 heteroatoms. The first-order valence-corrected chi connectivity index (χ1v) is 4.60. The number of benzene rings is 1. The molecule has 1 nitrogen and oxygen atoms in total. The van der Waals surface area contributed by atoms with E-state index >= 15 is 0 Å². The summed E-state index contributed by atoms with van der Waals surface area (Å²) >= 11 is 0. The van der Waals surface area contributed by atoms with Gasteiger partial charge in [0.1, 0.15) is 0 Å². The first-order chi connectivity index (χ1) is 8.38. The summed E-state index contributed by atoms with van der Waals surface area (Å²) in [6, 6.07) is -0.593. The minimum atomic E-state index is -5.22. The molecule has 0 heterocycles. The van der Waals surface area contributed by atoms with Crippen LogP contribution in [0.4, 0.5) is 35.0 Å². The molecule has 0 radical (unpaired) electrons. The molecule has 0 bridgehead atoms. The van der Waals surface area contributed by atoms with Crippen LogP contribution >= 0.6 is 0 Å². The first kappa shape index (κ1) is 19.2. The van der Waals surface area contributed by atoms with E-state index in [9.17, 15) is 35.0 Å². The van der Waals surface area contributed by atoms with E-state index in [-0.39, 0.29) is 47.8 Å². The minimum Gasteiger partial charge on any atom is -0.461 e. The van der Waals surface area contributed by atoms with E-state index in [2.05, 4.69) is 0 Å². The third-order valence-corrected chi connectivity index (χ3v) is 2.19. The van der Waals surface area contributed by atoms with Crippen molar-refractivity contribution in [3.8, 4) is 5.97 Å². The monoisotopic (exact) mass is 311 g/mol. The molecule has 0 unspecified atom stereocenters. The molecule has 20 heavy (non-hydrogen) atoms. The molecule has 0 saturated carbocycles. The van der Waals surface area contributed by atoms with Crippen molar-refractivity contribution >= 4 is 12.2 Å². The quantitative estimate of drug-likeness (QED) is 0.543. The summed E-state index contributed by atoms with van der Waals surface area (Å²) in [7, 11) is 0. The average molecular weight is 311 g/mol. The number of nitriles is 1. The van der Waals surface area contributed by atoms with Gasteiger partial charge < -0.3 is 8.63 Å². The van der Waals surface area contributed by atoms with Gasteiger partial charge in [-0.25, -0.2) is 5.26 Å². The number of halogens is 8. The zero-order chi connectivity index (χ0) is 15.1. The van der Waals surface area contributed by atoms with Crippen LogP contribution < -0.4 is 35.0 Å². The molecule has 0 aliphatic carbocycles. The van der Waals surface area contributed by atoms with Gasteiger partial charge in [0.25, 0.3) is 0 Å². The van der Waals surface area contributed by atoms with Crippen LogP contribution in [0.2, 0.25) is 0 Å². The second-order valence-electron chi connectivity index (χ2n) is 3.63. The van der Waals surface area contributed by atoms with Crippen LogP contribution in [-0.2, 0) is 12.4 Å². The average Bonchev–Trinajstić information content (AvgIpc) is 2.26. The minimum absolute atomic E-state index is 0. The van der Waals surface area contributed by atoms with Crippen molar-refractivity contribution in [3.63, 3.8) is 0 Å². The predicted molar refractivity (Wildman–Crippen MR) is 49.7 cm³/mol. The third-order valence-electron chi connectivity index (χ3n) is 2.19. The molecule has 0 N–H and O–H groups in total. The van der Waals surface area contributed by atoms with Gasteiger partial charge in [-0.05, 0) is 6.07 Å². The molecule has 0 saturated heterocycles. The second-order valence-corrected chi connectivity index (χ2v) is 3.63. The van der Waals surface area contributed by atoms with Gasteiger partial charge in [0, 0.05) is 0 Å². The Morgan fingerprint density at radius 3 is 1.45 bits per heavy atom. The fraction of sp³-hybridized carbons (Fsp3) is 0.222. The topological polar surface area (TPSA) is 23.8 Å². The van der Waals surface area contributed by atoms with Gasteiger partial charge in [-0.1, -0.05) is 18.1 Å². The largest absolute Gasteiger partial charge is 1.00 e. The van der Waals surface area contributed by atoms with Gasteiger partial charge in [-0.2, -0.15) is 26.3 Å². The summed E-state index contributed by atoms with van der Waals surface area (Å²) in [5.41, 5.74) is -5.35. The molecule has 0 fully saturated rings. The fourth-order valence-electron chi connectivity index (χ4n) is 1.26. The number of hydrogen-bond donors (Lipinski definition) is 0. The van der Waals surface area contributed by atoms with Crippen LogP contribution in [0.3, 0.4) is 0 Å². The molecule has 0 aromatic heterocycles. The smallest absolute Gasteiger partial charge is 0.461 e. The van der Waals surface area contributed by atoms with Crippen molar-refractivity contribution < 1.29 is 64.5 Å². The summed E-state index contributed by atoms with van der Waals surface area (Å²) in [5, 5.41) is 8.10. The summed E-state index contributed by atoms with van der Waals surface area (Å²) in [4.78, 5) is 0. The van der Waals surface area contributed by atoms with Crippen molar-refractivity contribution in [2.24, 2.45) is 0 Å². The second kappa shape index (κ2) is 5.91. The van der Waals surface area contributed by atoms with Crippen LogP contribution in [0.5, 0.6) is 0 Å². The van der Waals surface area contributed by atoms with E-state index in [4.69, 9.17) is 5.26 Å². The number of rotatable bonds is 1. The fourth-order valence-corrected chi connectivity index (χ4v) is 1.26. The molecule has 0 aliphatic heterocycles. The Hall–Kier alpha value is -0.785. The number of alkyl halides is 6. The number of hydrogen-bond acceptors (Lipinski definition) is 1. The van der Waals surface area contributed by atoms with Gasteiger partial charge in [-0.15, -0.1) is 5.46 Å². The van der Waals surface area contributed by atoms with Crippen LogP contribution in [0, 0.1) is 11.2 Å². The Labute approximate surface area is 129 Å². The molecule has 0 aliphatic rings. The van der Waals surface area contributed by atoms with Crippen LogP contribution in [0.1, 0.15) is 11.1 Å². The van der Waals surface area contributed by atoms with Crippen molar-refractivity contribution in [1.29, 1.82) is 5.26 Å². The Morgan fingerprint density at radius 1 is 0.850 bits per heavy atom. The van der Waals surface area contributed by atoms with Gasteiger partial charge >= 0.3 is 48.6 Å². The normalized spacial score (nSPS) is 12.6. The van der Waals surface area contributed by atoms with Gasteiger partial charge in [0.05, 0.1) is 11.1 Å². The van der Waals surface area contributed by atoms with E-state index in [1.165, 1.54) is 0 Å². The van der Waals surface area contributed by atoms with Crippen molar-refractivity contribution in [2.45, 2.75) is 12.4 Å². The van der Waals surface area contributed by atoms with Crippen LogP contribution in [0.15, 0.2) is 18.2 Å². The first-order valence-electron chi connectivity index (χ1n) is 4.60. The van der Waals surface area contributed by atoms with E-state index in [1.807, 2.05) is 0 Å². The van der Waals surface area contributed by atoms with Crippen LogP contribution in [0.25, 0.3) is 0 Å². The van der Waals surface area contributed by atoms with E-state index in [0.29, 0.717) is 5.97 Å². The van der Waals surface area contributed by atoms with Gasteiger partial charge in [0.2, 0.25) is 0 Å². The number of nitrogens with zero attached hydrogens (tertiary/aromatic N) is 1. The van der Waals surface area contributed by atoms with Crippen molar-refractivity contribution in [1.82, 2.24) is 0 Å². The third kappa shape index (κ3) is 4.36. The molecule has 0 atom stereocenters. The summed E-state index contributed by atoms with van der Waals surface area (Å²) in [6.07, 6.45) is -10.4. The van der Waals surface area contributed by atoms with Gasteiger partial charge in [0.15, 0.2) is 0 Å². The Kier molecular flexibility index (Phi) is 5.68. The molecule has 1 aromatic carbocycles. The molecular formula is C9H3BF8NNa. The SMILES string of the molecule is N#C[B-](F)(F)c1cc(C(F)(F)F)cc(C(F)(F)F)c1.[Na+]. The molecule has 1 rings (SSSR count). The van der Waals surface area contributed by atoms with E-state index in [1.54, 1.807) is 0 Å². The molecule has 0 spiro atoms. The summed E-state index contributed by atoms with van der Waals surface area (Å²) in [6.45, 7) is -5.13. The van der Waals surface area contributed by atoms with Crippen molar-refractivity contribution in [3.05, 3.63) is 29.3 Å². The summed E-state index contributed by atoms with van der Waals surface area (Å²) in [5.74, 6) is 0.409. The van der Waals surface area contributed by atoms with E-state index < -0.39 is 35.6 Å². The Balaban J connectivity index is 0.00000361. The predicted octanol–water partition coefficient (Wildman–Crippen LogP) is 0.379. The van der Waals surface area contributed by atoms with Gasteiger partial charge in [-0.3, -0.25) is 0 Å². The molecule has 0 amide bonds. The Morgan fingerprint density at radius 2 is 1.20 bits per heavy atom. The standard InChI is InChI=1S/C9H3BF8N.Na/c11-8(12,13)5-1-6(9(14,15)16)3-7(2-5)10(17,18)4-19;/h1-3H;/q-1;+1. The zero-order valence-electron chi connectivity index (χ0n) is 9.78. The maximum absolute atomic E-state index is 13.0. The maximum atomic E-state index is 13.0. The molecule has 104 valence electrons. The van der Waals surface area contributed by atoms with E-state index in [0.717, 1.165) is 0 Å². The Bertz CT molecular complexity index is 498.